The summed E-state index contributed by atoms with van der Waals surface area (Å²) in [6.45, 7) is 12.2. The van der Waals surface area contributed by atoms with Crippen LogP contribution in [0.4, 0.5) is 23.0 Å². The van der Waals surface area contributed by atoms with Gasteiger partial charge in [-0.05, 0) is 43.3 Å². The minimum Gasteiger partial charge on any atom is -0.494 e. The third kappa shape index (κ3) is 7.01. The molecule has 2 aliphatic heterocycles. The number of carbonyl (C=O) groups excluding carboxylic acids is 1. The number of nitrogens with one attached hydrogen (secondary N) is 2. The van der Waals surface area contributed by atoms with E-state index in [4.69, 9.17) is 21.1 Å². The number of carbonyl (C=O) groups is 1. The van der Waals surface area contributed by atoms with Crippen LogP contribution in [0.3, 0.4) is 0 Å². The summed E-state index contributed by atoms with van der Waals surface area (Å²) in [6.07, 6.45) is 3.72. The molecule has 5 rings (SSSR count). The third-order valence-electron chi connectivity index (χ3n) is 7.42. The van der Waals surface area contributed by atoms with E-state index < -0.39 is 0 Å². The van der Waals surface area contributed by atoms with Gasteiger partial charge in [0.15, 0.2) is 0 Å². The van der Waals surface area contributed by atoms with Gasteiger partial charge in [-0.1, -0.05) is 31.2 Å². The average Bonchev–Trinajstić information content (AvgIpc) is 3.47. The van der Waals surface area contributed by atoms with Gasteiger partial charge in [0, 0.05) is 68.8 Å². The zero-order chi connectivity index (χ0) is 28.8. The second-order valence-corrected chi connectivity index (χ2v) is 10.4. The van der Waals surface area contributed by atoms with Gasteiger partial charge in [0.25, 0.3) is 0 Å². The number of benzene rings is 2. The van der Waals surface area contributed by atoms with E-state index in [0.717, 1.165) is 56.2 Å². The Morgan fingerprint density at radius 2 is 2.00 bits per heavy atom. The Kier molecular flexibility index (Phi) is 9.11. The van der Waals surface area contributed by atoms with Crippen molar-refractivity contribution < 1.29 is 14.3 Å². The lowest BCUT2D eigenvalue weighted by Gasteiger charge is -2.35. The molecule has 1 amide bonds. The van der Waals surface area contributed by atoms with Crippen LogP contribution in [-0.4, -0.2) is 84.6 Å². The molecule has 0 saturated carbocycles. The molecule has 0 bridgehead atoms. The van der Waals surface area contributed by atoms with E-state index in [0.29, 0.717) is 30.5 Å². The quantitative estimate of drug-likeness (QED) is 0.322. The van der Waals surface area contributed by atoms with Gasteiger partial charge in [-0.25, -0.2) is 4.98 Å². The number of likely N-dealkylation sites (N-methyl/N-ethyl adjacent to an activating group) is 1. The zero-order valence-corrected chi connectivity index (χ0v) is 24.2. The van der Waals surface area contributed by atoms with E-state index in [9.17, 15) is 4.79 Å². The molecule has 11 heteroatoms. The van der Waals surface area contributed by atoms with E-state index in [2.05, 4.69) is 50.0 Å². The van der Waals surface area contributed by atoms with Crippen LogP contribution in [0.5, 0.6) is 17.4 Å². The molecule has 2 aromatic carbocycles. The van der Waals surface area contributed by atoms with E-state index >= 15 is 0 Å². The van der Waals surface area contributed by atoms with Crippen LogP contribution < -0.4 is 25.0 Å². The average molecular weight is 578 g/mol. The van der Waals surface area contributed by atoms with Crippen LogP contribution in [0.1, 0.15) is 13.3 Å². The fourth-order valence-corrected chi connectivity index (χ4v) is 5.24. The van der Waals surface area contributed by atoms with Crippen molar-refractivity contribution in [2.75, 3.05) is 68.5 Å². The molecule has 0 radical (unpaired) electrons. The lowest BCUT2D eigenvalue weighted by Crippen LogP contribution is -2.46. The fourth-order valence-electron chi connectivity index (χ4n) is 5.11. The number of methoxy groups -OCH3 is 1. The zero-order valence-electron chi connectivity index (χ0n) is 23.5. The van der Waals surface area contributed by atoms with Crippen LogP contribution in [0.15, 0.2) is 61.3 Å². The molecular weight excluding hydrogens is 542 g/mol. The second-order valence-electron chi connectivity index (χ2n) is 10.0. The van der Waals surface area contributed by atoms with Gasteiger partial charge in [-0.2, -0.15) is 4.98 Å². The Morgan fingerprint density at radius 3 is 2.76 bits per heavy atom. The van der Waals surface area contributed by atoms with Crippen molar-refractivity contribution in [3.63, 3.8) is 0 Å². The fraction of sp³-hybridized carbons (Fsp3) is 0.367. The molecule has 0 aliphatic carbocycles. The molecule has 2 saturated heterocycles. The summed E-state index contributed by atoms with van der Waals surface area (Å²) in [7, 11) is 1.65. The summed E-state index contributed by atoms with van der Waals surface area (Å²) < 4.78 is 11.7. The normalized spacial score (nSPS) is 17.3. The smallest absolute Gasteiger partial charge is 0.246 e. The first-order chi connectivity index (χ1) is 19.9. The number of rotatable bonds is 10. The van der Waals surface area contributed by atoms with Crippen molar-refractivity contribution in [1.29, 1.82) is 0 Å². The van der Waals surface area contributed by atoms with E-state index in [1.54, 1.807) is 12.0 Å². The molecule has 41 heavy (non-hydrogen) atoms. The Hall–Kier alpha value is -4.02. The summed E-state index contributed by atoms with van der Waals surface area (Å²) in [4.78, 5) is 27.4. The van der Waals surface area contributed by atoms with Crippen LogP contribution in [0.25, 0.3) is 0 Å². The molecule has 3 aromatic rings. The number of piperazine rings is 1. The summed E-state index contributed by atoms with van der Waals surface area (Å²) in [5, 5.41) is 7.00. The first kappa shape index (κ1) is 28.5. The number of nitrogens with zero attached hydrogens (tertiary/aromatic N) is 5. The summed E-state index contributed by atoms with van der Waals surface area (Å²) in [5.74, 6) is 1.78. The predicted molar refractivity (Wildman–Crippen MR) is 163 cm³/mol. The SMILES string of the molecule is C=CC(=O)N1CCC(Nc2cccc(Oc3nc(Nc4ccc(N5CCN(CC)CC5)cc4OC)ncc3Cl)c2)C1. The Morgan fingerprint density at radius 1 is 1.17 bits per heavy atom. The van der Waals surface area contributed by atoms with E-state index in [-0.39, 0.29) is 22.9 Å². The first-order valence-corrected chi connectivity index (χ1v) is 14.2. The topological polar surface area (TPSA) is 95.1 Å². The van der Waals surface area contributed by atoms with Crippen molar-refractivity contribution in [3.8, 4) is 17.4 Å². The van der Waals surface area contributed by atoms with Crippen LogP contribution in [0.2, 0.25) is 5.02 Å². The maximum absolute atomic E-state index is 11.9. The number of anilines is 4. The summed E-state index contributed by atoms with van der Waals surface area (Å²) in [5.41, 5.74) is 2.74. The first-order valence-electron chi connectivity index (χ1n) is 13.9. The number of aromatic nitrogens is 2. The Labute approximate surface area is 245 Å². The van der Waals surface area contributed by atoms with Gasteiger partial charge in [0.2, 0.25) is 17.7 Å². The number of hydrogen-bond donors (Lipinski definition) is 2. The van der Waals surface area contributed by atoms with Crippen molar-refractivity contribution in [1.82, 2.24) is 19.8 Å². The maximum Gasteiger partial charge on any atom is 0.246 e. The molecule has 1 unspecified atom stereocenters. The molecule has 10 nitrogen and oxygen atoms in total. The van der Waals surface area contributed by atoms with Gasteiger partial charge in [-0.3, -0.25) is 4.79 Å². The van der Waals surface area contributed by atoms with Crippen molar-refractivity contribution in [2.45, 2.75) is 19.4 Å². The molecule has 1 aromatic heterocycles. The maximum atomic E-state index is 11.9. The molecule has 0 spiro atoms. The van der Waals surface area contributed by atoms with E-state index in [1.807, 2.05) is 36.4 Å². The Balaban J connectivity index is 1.25. The van der Waals surface area contributed by atoms with Crippen molar-refractivity contribution >= 4 is 40.5 Å². The molecule has 216 valence electrons. The molecule has 1 atom stereocenters. The monoisotopic (exact) mass is 577 g/mol. The van der Waals surface area contributed by atoms with Crippen LogP contribution in [-0.2, 0) is 4.79 Å². The van der Waals surface area contributed by atoms with Gasteiger partial charge in [0.1, 0.15) is 16.5 Å². The molecule has 3 heterocycles. The highest BCUT2D eigenvalue weighted by molar-refractivity contribution is 6.31. The molecule has 2 N–H and O–H groups in total. The molecular formula is C30H36ClN7O3. The number of likely N-dealkylation sites (tertiary alicyclic amines) is 1. The number of ether oxygens (including phenoxy) is 2. The number of amides is 1. The molecule has 2 fully saturated rings. The van der Waals surface area contributed by atoms with Crippen LogP contribution >= 0.6 is 11.6 Å². The van der Waals surface area contributed by atoms with Crippen molar-refractivity contribution in [2.24, 2.45) is 0 Å². The van der Waals surface area contributed by atoms with Gasteiger partial charge < -0.3 is 34.8 Å². The van der Waals surface area contributed by atoms with E-state index in [1.165, 1.54) is 12.3 Å². The minimum absolute atomic E-state index is 0.0479. The van der Waals surface area contributed by atoms with Gasteiger partial charge in [-0.15, -0.1) is 0 Å². The standard InChI is InChI=1S/C30H36ClN7O3/c1-4-28(39)38-12-11-22(20-38)33-21-7-6-8-24(17-21)41-29-25(31)19-32-30(35-29)34-26-10-9-23(18-27(26)40-3)37-15-13-36(5-2)14-16-37/h4,6-10,17-19,22,33H,1,5,11-16,20H2,2-3H3,(H,32,34,35). The van der Waals surface area contributed by atoms with Gasteiger partial charge in [0.05, 0.1) is 19.0 Å². The second kappa shape index (κ2) is 13.1. The highest BCUT2D eigenvalue weighted by Crippen LogP contribution is 2.34. The Bertz CT molecular complexity index is 1380. The lowest BCUT2D eigenvalue weighted by molar-refractivity contribution is -0.125. The number of hydrogen-bond acceptors (Lipinski definition) is 9. The summed E-state index contributed by atoms with van der Waals surface area (Å²) in [6, 6.07) is 13.8. The minimum atomic E-state index is -0.0479. The number of halogens is 1. The van der Waals surface area contributed by atoms with Crippen LogP contribution in [0, 0.1) is 0 Å². The lowest BCUT2D eigenvalue weighted by atomic mass is 10.2. The van der Waals surface area contributed by atoms with Crippen molar-refractivity contribution in [3.05, 3.63) is 66.3 Å². The molecule has 2 aliphatic rings. The van der Waals surface area contributed by atoms with Gasteiger partial charge >= 0.3 is 0 Å². The largest absolute Gasteiger partial charge is 0.494 e. The third-order valence-corrected chi connectivity index (χ3v) is 7.68. The predicted octanol–water partition coefficient (Wildman–Crippen LogP) is 5.02. The highest BCUT2D eigenvalue weighted by atomic mass is 35.5. The highest BCUT2D eigenvalue weighted by Gasteiger charge is 2.25. The summed E-state index contributed by atoms with van der Waals surface area (Å²) >= 11 is 6.40.